The quantitative estimate of drug-likeness (QED) is 0.171. The summed E-state index contributed by atoms with van der Waals surface area (Å²) in [6.07, 6.45) is 3.68. The molecule has 0 amide bonds. The first-order valence-corrected chi connectivity index (χ1v) is 18.7. The summed E-state index contributed by atoms with van der Waals surface area (Å²) in [5, 5.41) is 4.30. The van der Waals surface area contributed by atoms with Crippen molar-refractivity contribution in [2.75, 3.05) is 0 Å². The number of fused-ring (bicyclic) bond motifs is 6. The van der Waals surface area contributed by atoms with Gasteiger partial charge in [0.05, 0.1) is 11.4 Å². The van der Waals surface area contributed by atoms with Crippen molar-refractivity contribution < 1.29 is 8.83 Å². The lowest BCUT2D eigenvalue weighted by Crippen LogP contribution is -1.97. The molecule has 0 bridgehead atoms. The Morgan fingerprint density at radius 2 is 0.839 bits per heavy atom. The van der Waals surface area contributed by atoms with E-state index in [-0.39, 0.29) is 0 Å². The second-order valence-electron chi connectivity index (χ2n) is 14.0. The van der Waals surface area contributed by atoms with E-state index >= 15 is 0 Å². The predicted octanol–water partition coefficient (Wildman–Crippen LogP) is 13.7. The number of para-hydroxylation sites is 2. The molecule has 11 aromatic rings. The van der Waals surface area contributed by atoms with Crippen LogP contribution < -0.4 is 0 Å². The Morgan fingerprint density at radius 1 is 0.339 bits per heavy atom. The van der Waals surface area contributed by atoms with Crippen molar-refractivity contribution in [1.29, 1.82) is 0 Å². The van der Waals surface area contributed by atoms with Gasteiger partial charge in [-0.1, -0.05) is 121 Å². The van der Waals surface area contributed by atoms with Crippen LogP contribution in [0.25, 0.3) is 111 Å². The fraction of sp³-hybridized carbons (Fsp3) is 0. The Morgan fingerprint density at radius 3 is 1.43 bits per heavy atom. The first kappa shape index (κ1) is 31.9. The van der Waals surface area contributed by atoms with Gasteiger partial charge in [-0.15, -0.1) is 0 Å². The second kappa shape index (κ2) is 13.0. The summed E-state index contributed by atoms with van der Waals surface area (Å²) in [5.41, 5.74) is 14.4. The zero-order valence-electron chi connectivity index (χ0n) is 30.1. The summed E-state index contributed by atoms with van der Waals surface area (Å²) in [4.78, 5) is 14.9. The van der Waals surface area contributed by atoms with Crippen molar-refractivity contribution in [2.24, 2.45) is 0 Å². The van der Waals surface area contributed by atoms with E-state index in [4.69, 9.17) is 18.8 Å². The summed E-state index contributed by atoms with van der Waals surface area (Å²) >= 11 is 0. The Balaban J connectivity index is 1.16. The number of furan rings is 2. The van der Waals surface area contributed by atoms with Crippen molar-refractivity contribution in [3.05, 3.63) is 188 Å². The lowest BCUT2D eigenvalue weighted by molar-refractivity contribution is 0.668. The average molecular weight is 718 g/mol. The van der Waals surface area contributed by atoms with Gasteiger partial charge < -0.3 is 8.83 Å². The van der Waals surface area contributed by atoms with Crippen LogP contribution in [0.1, 0.15) is 0 Å². The molecule has 0 spiro atoms. The van der Waals surface area contributed by atoms with E-state index in [1.807, 2.05) is 66.9 Å². The molecule has 56 heavy (non-hydrogen) atoms. The minimum atomic E-state index is 0.634. The molecule has 0 aliphatic heterocycles. The molecule has 0 radical (unpaired) electrons. The van der Waals surface area contributed by atoms with Gasteiger partial charge in [0.15, 0.2) is 5.82 Å². The maximum Gasteiger partial charge on any atom is 0.160 e. The normalized spacial score (nSPS) is 11.6. The van der Waals surface area contributed by atoms with E-state index in [0.29, 0.717) is 5.82 Å². The van der Waals surface area contributed by atoms with Gasteiger partial charge in [0.25, 0.3) is 0 Å². The number of rotatable bonds is 6. The third-order valence-electron chi connectivity index (χ3n) is 10.6. The Hall–Kier alpha value is -7.63. The molecule has 0 aliphatic rings. The van der Waals surface area contributed by atoms with Gasteiger partial charge in [-0.25, -0.2) is 9.97 Å². The van der Waals surface area contributed by atoms with E-state index in [1.165, 1.54) is 0 Å². The Bertz CT molecular complexity index is 3110. The SMILES string of the molecule is c1ccc(-c2cc(-c3ccc(-c4cccnc4)cc3)nc(-c3cc(-c4cccc5oc6ccccc6c45)cc(-c4cccc5oc6ccccc6c45)c3)n2)cc1. The highest BCUT2D eigenvalue weighted by molar-refractivity contribution is 6.14. The number of aromatic nitrogens is 3. The molecule has 5 heteroatoms. The summed E-state index contributed by atoms with van der Waals surface area (Å²) < 4.78 is 12.7. The van der Waals surface area contributed by atoms with Crippen LogP contribution in [0, 0.1) is 0 Å². The van der Waals surface area contributed by atoms with E-state index < -0.39 is 0 Å². The third kappa shape index (κ3) is 5.45. The Labute approximate surface area is 322 Å². The fourth-order valence-corrected chi connectivity index (χ4v) is 7.95. The zero-order valence-corrected chi connectivity index (χ0v) is 30.1. The molecule has 11 rings (SSSR count). The average Bonchev–Trinajstić information content (AvgIpc) is 3.86. The topological polar surface area (TPSA) is 65.0 Å². The third-order valence-corrected chi connectivity index (χ3v) is 10.6. The van der Waals surface area contributed by atoms with Crippen molar-refractivity contribution in [2.45, 2.75) is 0 Å². The van der Waals surface area contributed by atoms with Gasteiger partial charge in [0, 0.05) is 50.6 Å². The lowest BCUT2D eigenvalue weighted by atomic mass is 9.91. The molecular weight excluding hydrogens is 687 g/mol. The van der Waals surface area contributed by atoms with E-state index in [2.05, 4.69) is 120 Å². The number of hydrogen-bond acceptors (Lipinski definition) is 5. The van der Waals surface area contributed by atoms with Gasteiger partial charge in [-0.2, -0.15) is 0 Å². The molecule has 262 valence electrons. The summed E-state index contributed by atoms with van der Waals surface area (Å²) in [7, 11) is 0. The predicted molar refractivity (Wildman–Crippen MR) is 227 cm³/mol. The molecule has 0 unspecified atom stereocenters. The Kier molecular flexibility index (Phi) is 7.42. The van der Waals surface area contributed by atoms with Gasteiger partial charge in [0.1, 0.15) is 22.3 Å². The first-order valence-electron chi connectivity index (χ1n) is 18.7. The molecule has 0 saturated heterocycles. The monoisotopic (exact) mass is 717 g/mol. The highest BCUT2D eigenvalue weighted by Gasteiger charge is 2.19. The molecule has 0 aliphatic carbocycles. The van der Waals surface area contributed by atoms with E-state index in [9.17, 15) is 0 Å². The minimum absolute atomic E-state index is 0.634. The molecule has 0 N–H and O–H groups in total. The van der Waals surface area contributed by atoms with Crippen LogP contribution in [0.4, 0.5) is 0 Å². The zero-order chi connectivity index (χ0) is 37.0. The summed E-state index contributed by atoms with van der Waals surface area (Å²) in [6, 6.07) is 60.7. The molecule has 5 nitrogen and oxygen atoms in total. The number of pyridine rings is 1. The summed E-state index contributed by atoms with van der Waals surface area (Å²) in [6.45, 7) is 0. The number of hydrogen-bond donors (Lipinski definition) is 0. The van der Waals surface area contributed by atoms with Crippen molar-refractivity contribution in [1.82, 2.24) is 15.0 Å². The van der Waals surface area contributed by atoms with E-state index in [0.717, 1.165) is 105 Å². The van der Waals surface area contributed by atoms with Crippen LogP contribution in [-0.2, 0) is 0 Å². The maximum absolute atomic E-state index is 6.37. The van der Waals surface area contributed by atoms with Crippen LogP contribution in [0.15, 0.2) is 197 Å². The van der Waals surface area contributed by atoms with Crippen molar-refractivity contribution >= 4 is 43.9 Å². The highest BCUT2D eigenvalue weighted by Crippen LogP contribution is 2.43. The number of benzene rings is 7. The van der Waals surface area contributed by atoms with Crippen LogP contribution in [-0.4, -0.2) is 15.0 Å². The standard InChI is InChI=1S/C51H31N3O2/c1-2-11-33(12-3-1)43-30-44(34-24-22-32(23-25-34)35-13-10-26-52-31-35)54-51(53-43)38-28-36(39-16-8-20-47-49(39)41-14-4-6-18-45(41)55-47)27-37(29-38)40-17-9-21-48-50(40)42-15-5-7-19-46(42)56-48/h1-31H. The molecule has 0 atom stereocenters. The van der Waals surface area contributed by atoms with Crippen LogP contribution in [0.3, 0.4) is 0 Å². The smallest absolute Gasteiger partial charge is 0.160 e. The van der Waals surface area contributed by atoms with Gasteiger partial charge >= 0.3 is 0 Å². The van der Waals surface area contributed by atoms with Crippen molar-refractivity contribution in [3.63, 3.8) is 0 Å². The second-order valence-corrected chi connectivity index (χ2v) is 14.0. The van der Waals surface area contributed by atoms with Crippen LogP contribution in [0.5, 0.6) is 0 Å². The molecule has 4 heterocycles. The lowest BCUT2D eigenvalue weighted by Gasteiger charge is -2.14. The molecule has 7 aromatic carbocycles. The van der Waals surface area contributed by atoms with Crippen molar-refractivity contribution in [3.8, 4) is 67.3 Å². The van der Waals surface area contributed by atoms with Gasteiger partial charge in [0.2, 0.25) is 0 Å². The fourth-order valence-electron chi connectivity index (χ4n) is 7.95. The van der Waals surface area contributed by atoms with E-state index in [1.54, 1.807) is 6.20 Å². The largest absolute Gasteiger partial charge is 0.456 e. The van der Waals surface area contributed by atoms with Crippen LogP contribution >= 0.6 is 0 Å². The van der Waals surface area contributed by atoms with Crippen LogP contribution in [0.2, 0.25) is 0 Å². The van der Waals surface area contributed by atoms with Gasteiger partial charge in [-0.3, -0.25) is 4.98 Å². The molecular formula is C51H31N3O2. The maximum atomic E-state index is 6.37. The highest BCUT2D eigenvalue weighted by atomic mass is 16.3. The molecule has 0 saturated carbocycles. The first-order chi connectivity index (χ1) is 27.7. The number of nitrogens with zero attached hydrogens (tertiary/aromatic N) is 3. The molecule has 0 fully saturated rings. The van der Waals surface area contributed by atoms with Gasteiger partial charge in [-0.05, 0) is 88.0 Å². The summed E-state index contributed by atoms with van der Waals surface area (Å²) in [5.74, 6) is 0.634. The molecule has 4 aromatic heterocycles. The minimum Gasteiger partial charge on any atom is -0.456 e.